The van der Waals surface area contributed by atoms with Crippen LogP contribution in [0.2, 0.25) is 0 Å². The van der Waals surface area contributed by atoms with Gasteiger partial charge in [0.2, 0.25) is 0 Å². The van der Waals surface area contributed by atoms with Crippen LogP contribution in [0.25, 0.3) is 0 Å². The Morgan fingerprint density at radius 1 is 1.50 bits per heavy atom. The Morgan fingerprint density at radius 2 is 2.25 bits per heavy atom. The Morgan fingerprint density at radius 3 is 2.50 bits per heavy atom. The first-order valence-electron chi connectivity index (χ1n) is 2.75. The minimum Gasteiger partial charge on any atom is -0.336 e. The molecule has 1 saturated heterocycles. The molecule has 2 nitrogen and oxygen atoms in total. The molecule has 8 heavy (non-hydrogen) atoms. The number of hydrogen-bond donors (Lipinski definition) is 0. The van der Waals surface area contributed by atoms with Crippen molar-refractivity contribution >= 4 is 9.03 Å². The summed E-state index contributed by atoms with van der Waals surface area (Å²) in [7, 11) is 0.253. The van der Waals surface area contributed by atoms with Crippen LogP contribution in [-0.2, 0) is 9.05 Å². The van der Waals surface area contributed by atoms with Crippen LogP contribution in [-0.4, -0.2) is 12.2 Å². The maximum absolute atomic E-state index is 5.27. The first kappa shape index (κ1) is 6.47. The standard InChI is InChI=1S/C5H11O2P/c1-5(2)3-4-6-8-7-5/h8H,3-4H2,1-2H3. The molecule has 0 aromatic rings. The van der Waals surface area contributed by atoms with E-state index < -0.39 is 0 Å². The van der Waals surface area contributed by atoms with Crippen LogP contribution in [0.4, 0.5) is 0 Å². The van der Waals surface area contributed by atoms with Crippen molar-refractivity contribution in [3.8, 4) is 0 Å². The molecule has 0 aliphatic carbocycles. The second kappa shape index (κ2) is 2.30. The van der Waals surface area contributed by atoms with Crippen molar-refractivity contribution in [1.82, 2.24) is 0 Å². The van der Waals surface area contributed by atoms with E-state index in [1.807, 2.05) is 0 Å². The summed E-state index contributed by atoms with van der Waals surface area (Å²) in [6.45, 7) is 5.02. The lowest BCUT2D eigenvalue weighted by molar-refractivity contribution is 0.0493. The quantitative estimate of drug-likeness (QED) is 0.469. The third kappa shape index (κ3) is 1.70. The molecule has 0 aromatic heterocycles. The molecule has 0 saturated carbocycles. The van der Waals surface area contributed by atoms with E-state index in [0.717, 1.165) is 13.0 Å². The van der Waals surface area contributed by atoms with E-state index in [0.29, 0.717) is 0 Å². The molecule has 0 N–H and O–H groups in total. The first-order chi connectivity index (χ1) is 3.71. The van der Waals surface area contributed by atoms with Crippen molar-refractivity contribution in [1.29, 1.82) is 0 Å². The highest BCUT2D eigenvalue weighted by atomic mass is 31.1. The molecular weight excluding hydrogens is 123 g/mol. The zero-order valence-electron chi connectivity index (χ0n) is 5.23. The molecule has 0 spiro atoms. The molecule has 0 amide bonds. The van der Waals surface area contributed by atoms with Gasteiger partial charge in [-0.05, 0) is 13.8 Å². The maximum atomic E-state index is 5.27. The molecule has 1 heterocycles. The summed E-state index contributed by atoms with van der Waals surface area (Å²) in [5.74, 6) is 0. The van der Waals surface area contributed by atoms with E-state index in [1.54, 1.807) is 0 Å². The predicted octanol–water partition coefficient (Wildman–Crippen LogP) is 1.71. The van der Waals surface area contributed by atoms with Gasteiger partial charge in [-0.15, -0.1) is 0 Å². The summed E-state index contributed by atoms with van der Waals surface area (Å²) in [5.41, 5.74) is 0.0662. The molecule has 1 aliphatic rings. The van der Waals surface area contributed by atoms with Gasteiger partial charge in [0.05, 0.1) is 12.2 Å². The normalized spacial score (nSPS) is 30.8. The average Bonchev–Trinajstić information content (AvgIpc) is 1.65. The Balaban J connectivity index is 2.33. The molecular formula is C5H11O2P. The van der Waals surface area contributed by atoms with E-state index in [2.05, 4.69) is 13.8 Å². The van der Waals surface area contributed by atoms with Gasteiger partial charge in [-0.1, -0.05) is 0 Å². The maximum Gasteiger partial charge on any atom is 0.155 e. The van der Waals surface area contributed by atoms with Crippen LogP contribution in [0.3, 0.4) is 0 Å². The molecule has 1 fully saturated rings. The Hall–Kier alpha value is 0.350. The Labute approximate surface area is 51.5 Å². The summed E-state index contributed by atoms with van der Waals surface area (Å²) < 4.78 is 10.3. The van der Waals surface area contributed by atoms with Gasteiger partial charge in [-0.2, -0.15) is 0 Å². The fourth-order valence-corrected chi connectivity index (χ4v) is 1.10. The van der Waals surface area contributed by atoms with Gasteiger partial charge >= 0.3 is 0 Å². The minimum absolute atomic E-state index is 0.0662. The van der Waals surface area contributed by atoms with Crippen LogP contribution in [0.1, 0.15) is 20.3 Å². The van der Waals surface area contributed by atoms with Crippen LogP contribution in [0.5, 0.6) is 0 Å². The second-order valence-electron chi connectivity index (χ2n) is 2.54. The lowest BCUT2D eigenvalue weighted by Crippen LogP contribution is -2.25. The molecule has 3 heteroatoms. The smallest absolute Gasteiger partial charge is 0.155 e. The van der Waals surface area contributed by atoms with Crippen molar-refractivity contribution in [3.63, 3.8) is 0 Å². The zero-order chi connectivity index (χ0) is 6.04. The largest absolute Gasteiger partial charge is 0.336 e. The number of hydrogen-bond acceptors (Lipinski definition) is 2. The average molecular weight is 134 g/mol. The van der Waals surface area contributed by atoms with Crippen molar-refractivity contribution in [2.45, 2.75) is 25.9 Å². The molecule has 1 unspecified atom stereocenters. The van der Waals surface area contributed by atoms with E-state index in [1.165, 1.54) is 0 Å². The fraction of sp³-hybridized carbons (Fsp3) is 1.00. The monoisotopic (exact) mass is 134 g/mol. The SMILES string of the molecule is CC1(C)CCOPO1. The first-order valence-corrected chi connectivity index (χ1v) is 3.57. The summed E-state index contributed by atoms with van der Waals surface area (Å²) in [4.78, 5) is 0. The lowest BCUT2D eigenvalue weighted by atomic mass is 10.1. The van der Waals surface area contributed by atoms with Crippen molar-refractivity contribution in [2.24, 2.45) is 0 Å². The minimum atomic E-state index is 0.0662. The van der Waals surface area contributed by atoms with Gasteiger partial charge < -0.3 is 9.05 Å². The van der Waals surface area contributed by atoms with Gasteiger partial charge in [-0.3, -0.25) is 0 Å². The number of rotatable bonds is 0. The highest BCUT2D eigenvalue weighted by Gasteiger charge is 2.21. The van der Waals surface area contributed by atoms with Crippen molar-refractivity contribution in [3.05, 3.63) is 0 Å². The van der Waals surface area contributed by atoms with Gasteiger partial charge in [0.15, 0.2) is 9.03 Å². The van der Waals surface area contributed by atoms with Crippen LogP contribution >= 0.6 is 9.03 Å². The third-order valence-corrected chi connectivity index (χ3v) is 2.14. The lowest BCUT2D eigenvalue weighted by Gasteiger charge is -2.28. The predicted molar refractivity (Wildman–Crippen MR) is 34.0 cm³/mol. The van der Waals surface area contributed by atoms with Gasteiger partial charge in [0, 0.05) is 6.42 Å². The molecule has 1 rings (SSSR count). The molecule has 0 radical (unpaired) electrons. The van der Waals surface area contributed by atoms with Crippen molar-refractivity contribution in [2.75, 3.05) is 6.61 Å². The third-order valence-electron chi connectivity index (χ3n) is 1.18. The van der Waals surface area contributed by atoms with E-state index in [9.17, 15) is 0 Å². The summed E-state index contributed by atoms with van der Waals surface area (Å²) in [6, 6.07) is 0. The summed E-state index contributed by atoms with van der Waals surface area (Å²) in [6.07, 6.45) is 1.01. The highest BCUT2D eigenvalue weighted by molar-refractivity contribution is 7.26. The van der Waals surface area contributed by atoms with Crippen LogP contribution in [0, 0.1) is 0 Å². The van der Waals surface area contributed by atoms with Crippen LogP contribution < -0.4 is 0 Å². The van der Waals surface area contributed by atoms with Crippen molar-refractivity contribution < 1.29 is 9.05 Å². The zero-order valence-corrected chi connectivity index (χ0v) is 6.23. The molecule has 1 atom stereocenters. The second-order valence-corrected chi connectivity index (χ2v) is 3.20. The Kier molecular flexibility index (Phi) is 1.86. The molecule has 0 aromatic carbocycles. The van der Waals surface area contributed by atoms with Gasteiger partial charge in [-0.25, -0.2) is 0 Å². The topological polar surface area (TPSA) is 18.5 Å². The molecule has 0 bridgehead atoms. The van der Waals surface area contributed by atoms with Crippen LogP contribution in [0.15, 0.2) is 0 Å². The molecule has 48 valence electrons. The highest BCUT2D eigenvalue weighted by Crippen LogP contribution is 2.31. The fourth-order valence-electron chi connectivity index (χ4n) is 0.532. The summed E-state index contributed by atoms with van der Waals surface area (Å²) >= 11 is 0. The van der Waals surface area contributed by atoms with E-state index >= 15 is 0 Å². The molecule has 1 aliphatic heterocycles. The summed E-state index contributed by atoms with van der Waals surface area (Å²) in [5, 5.41) is 0. The van der Waals surface area contributed by atoms with E-state index in [4.69, 9.17) is 9.05 Å². The van der Waals surface area contributed by atoms with E-state index in [-0.39, 0.29) is 14.6 Å². The van der Waals surface area contributed by atoms with Gasteiger partial charge in [0.1, 0.15) is 0 Å². The van der Waals surface area contributed by atoms with Gasteiger partial charge in [0.25, 0.3) is 0 Å². The Bertz CT molecular complexity index is 74.5.